The average molecular weight is 553 g/mol. The van der Waals surface area contributed by atoms with Gasteiger partial charge in [-0.2, -0.15) is 0 Å². The molecule has 3 amide bonds. The van der Waals surface area contributed by atoms with Gasteiger partial charge in [-0.25, -0.2) is 4.98 Å². The highest BCUT2D eigenvalue weighted by Gasteiger charge is 2.17. The van der Waals surface area contributed by atoms with Crippen molar-refractivity contribution in [1.82, 2.24) is 10.3 Å². The topological polar surface area (TPSA) is 109 Å². The van der Waals surface area contributed by atoms with E-state index in [1.54, 1.807) is 111 Å². The summed E-state index contributed by atoms with van der Waals surface area (Å²) in [6, 6.07) is 28.3. The van der Waals surface area contributed by atoms with Crippen LogP contribution in [-0.2, 0) is 9.59 Å². The number of hydrogen-bond acceptors (Lipinski definition) is 6. The predicted molar refractivity (Wildman–Crippen MR) is 158 cm³/mol. The summed E-state index contributed by atoms with van der Waals surface area (Å²) in [5, 5.41) is 7.96. The molecule has 0 aliphatic carbocycles. The van der Waals surface area contributed by atoms with Crippen molar-refractivity contribution >= 4 is 47.1 Å². The number of carbonyl (C=O) groups is 3. The normalized spacial score (nSPS) is 11.7. The van der Waals surface area contributed by atoms with Gasteiger partial charge in [-0.1, -0.05) is 42.5 Å². The van der Waals surface area contributed by atoms with E-state index in [-0.39, 0.29) is 11.6 Å². The predicted octanol–water partition coefficient (Wildman–Crippen LogP) is 5.62. The van der Waals surface area contributed by atoms with Crippen molar-refractivity contribution in [3.63, 3.8) is 0 Å². The van der Waals surface area contributed by atoms with E-state index in [9.17, 15) is 14.4 Å². The zero-order chi connectivity index (χ0) is 28.3. The monoisotopic (exact) mass is 552 g/mol. The first-order valence-corrected chi connectivity index (χ1v) is 13.3. The molecule has 8 nitrogen and oxygen atoms in total. The van der Waals surface area contributed by atoms with Gasteiger partial charge in [0.2, 0.25) is 5.91 Å². The molecular formula is C31H28N4O4S. The van der Waals surface area contributed by atoms with Gasteiger partial charge in [0.1, 0.15) is 17.3 Å². The van der Waals surface area contributed by atoms with Crippen molar-refractivity contribution < 1.29 is 19.1 Å². The van der Waals surface area contributed by atoms with Crippen LogP contribution in [0.25, 0.3) is 6.08 Å². The molecule has 1 aromatic heterocycles. The Morgan fingerprint density at radius 3 is 2.40 bits per heavy atom. The fraction of sp³-hybridized carbons (Fsp3) is 0.0968. The maximum absolute atomic E-state index is 13.4. The van der Waals surface area contributed by atoms with E-state index in [2.05, 4.69) is 20.9 Å². The number of aromatic nitrogens is 1. The fourth-order valence-corrected chi connectivity index (χ4v) is 4.53. The maximum Gasteiger partial charge on any atom is 0.272 e. The number of methoxy groups -OCH3 is 1. The Kier molecular flexibility index (Phi) is 9.68. The van der Waals surface area contributed by atoms with E-state index in [0.717, 1.165) is 4.90 Å². The first kappa shape index (κ1) is 28.1. The molecular weight excluding hydrogens is 524 g/mol. The van der Waals surface area contributed by atoms with Gasteiger partial charge < -0.3 is 20.7 Å². The molecule has 1 atom stereocenters. The number of carbonyl (C=O) groups excluding carboxylic acids is 3. The summed E-state index contributed by atoms with van der Waals surface area (Å²) in [5.74, 6) is -0.00917. The summed E-state index contributed by atoms with van der Waals surface area (Å²) >= 11 is 1.35. The van der Waals surface area contributed by atoms with Crippen LogP contribution in [0.15, 0.2) is 114 Å². The zero-order valence-electron chi connectivity index (χ0n) is 22.0. The molecule has 0 saturated carbocycles. The number of nitrogens with one attached hydrogen (secondary N) is 3. The van der Waals surface area contributed by atoms with Crippen molar-refractivity contribution in [1.29, 1.82) is 0 Å². The minimum Gasteiger partial charge on any atom is -0.497 e. The Labute approximate surface area is 236 Å². The van der Waals surface area contributed by atoms with E-state index in [4.69, 9.17) is 4.74 Å². The molecule has 1 unspecified atom stereocenters. The van der Waals surface area contributed by atoms with Gasteiger partial charge in [0.05, 0.1) is 12.4 Å². The van der Waals surface area contributed by atoms with Crippen LogP contribution in [0.5, 0.6) is 5.75 Å². The van der Waals surface area contributed by atoms with Crippen LogP contribution in [-0.4, -0.2) is 35.1 Å². The number of rotatable bonds is 10. The van der Waals surface area contributed by atoms with Crippen LogP contribution in [0.1, 0.15) is 22.8 Å². The van der Waals surface area contributed by atoms with Gasteiger partial charge in [-0.05, 0) is 73.2 Å². The summed E-state index contributed by atoms with van der Waals surface area (Å²) in [5.41, 5.74) is 1.67. The lowest BCUT2D eigenvalue weighted by molar-refractivity contribution is -0.115. The number of ether oxygens (including phenoxy) is 1. The van der Waals surface area contributed by atoms with E-state index < -0.39 is 17.1 Å². The molecule has 0 radical (unpaired) electrons. The molecule has 0 aliphatic rings. The van der Waals surface area contributed by atoms with Crippen LogP contribution in [0.3, 0.4) is 0 Å². The van der Waals surface area contributed by atoms with E-state index in [1.165, 1.54) is 11.8 Å². The third-order valence-corrected chi connectivity index (χ3v) is 6.72. The molecule has 3 aromatic carbocycles. The first-order chi connectivity index (χ1) is 19.4. The Balaban J connectivity index is 1.50. The summed E-state index contributed by atoms with van der Waals surface area (Å²) in [7, 11) is 1.56. The molecule has 4 rings (SSSR count). The highest BCUT2D eigenvalue weighted by atomic mass is 32.2. The van der Waals surface area contributed by atoms with Crippen molar-refractivity contribution in [3.8, 4) is 5.75 Å². The minimum absolute atomic E-state index is 0.0586. The number of nitrogens with zero attached hydrogens (tertiary/aromatic N) is 1. The smallest absolute Gasteiger partial charge is 0.272 e. The SMILES string of the molecule is COc1cccc(/C=C(\NC(=O)c2ccccc2)C(=O)Nc2cccc(SC(C)C(=O)Nc3ccccn3)c2)c1. The summed E-state index contributed by atoms with van der Waals surface area (Å²) in [4.78, 5) is 43.8. The molecule has 0 bridgehead atoms. The highest BCUT2D eigenvalue weighted by Crippen LogP contribution is 2.27. The van der Waals surface area contributed by atoms with Gasteiger partial charge in [0, 0.05) is 22.3 Å². The molecule has 0 fully saturated rings. The molecule has 3 N–H and O–H groups in total. The van der Waals surface area contributed by atoms with E-state index >= 15 is 0 Å². The van der Waals surface area contributed by atoms with Crippen LogP contribution >= 0.6 is 11.8 Å². The maximum atomic E-state index is 13.4. The van der Waals surface area contributed by atoms with Crippen molar-refractivity contribution in [2.24, 2.45) is 0 Å². The Morgan fingerprint density at radius 2 is 1.65 bits per heavy atom. The van der Waals surface area contributed by atoms with Gasteiger partial charge in [0.25, 0.3) is 11.8 Å². The summed E-state index contributed by atoms with van der Waals surface area (Å²) in [6.45, 7) is 1.79. The molecule has 0 saturated heterocycles. The molecule has 202 valence electrons. The Bertz CT molecular complexity index is 1510. The second-order valence-corrected chi connectivity index (χ2v) is 10.0. The summed E-state index contributed by atoms with van der Waals surface area (Å²) < 4.78 is 5.29. The number of benzene rings is 3. The number of anilines is 2. The lowest BCUT2D eigenvalue weighted by Crippen LogP contribution is -2.30. The standard InChI is InChI=1S/C31H28N4O4S/c1-21(29(36)35-28-16-6-7-17-32-28)40-26-15-9-13-24(20-26)33-31(38)27(19-22-10-8-14-25(18-22)39-2)34-30(37)23-11-4-3-5-12-23/h3-21H,1-2H3,(H,33,38)(H,34,37)(H,32,35,36)/b27-19-. The third-order valence-electron chi connectivity index (χ3n) is 5.62. The molecule has 1 heterocycles. The van der Waals surface area contributed by atoms with Gasteiger partial charge >= 0.3 is 0 Å². The second kappa shape index (κ2) is 13.8. The zero-order valence-corrected chi connectivity index (χ0v) is 22.8. The summed E-state index contributed by atoms with van der Waals surface area (Å²) in [6.07, 6.45) is 3.19. The molecule has 9 heteroatoms. The number of hydrogen-bond donors (Lipinski definition) is 3. The van der Waals surface area contributed by atoms with Crippen molar-refractivity contribution in [2.45, 2.75) is 17.1 Å². The molecule has 0 spiro atoms. The lowest BCUT2D eigenvalue weighted by atomic mass is 10.1. The van der Waals surface area contributed by atoms with Gasteiger partial charge in [-0.15, -0.1) is 11.8 Å². The molecule has 4 aromatic rings. The third kappa shape index (κ3) is 8.05. The highest BCUT2D eigenvalue weighted by molar-refractivity contribution is 8.00. The number of amides is 3. The lowest BCUT2D eigenvalue weighted by Gasteiger charge is -2.14. The van der Waals surface area contributed by atoms with Gasteiger partial charge in [-0.3, -0.25) is 14.4 Å². The largest absolute Gasteiger partial charge is 0.497 e. The number of thioether (sulfide) groups is 1. The van der Waals surface area contributed by atoms with E-state index in [1.807, 2.05) is 12.1 Å². The average Bonchev–Trinajstić information content (AvgIpc) is 2.98. The number of pyridine rings is 1. The van der Waals surface area contributed by atoms with Crippen LogP contribution in [0.2, 0.25) is 0 Å². The molecule has 0 aliphatic heterocycles. The Morgan fingerprint density at radius 1 is 0.875 bits per heavy atom. The van der Waals surface area contributed by atoms with Gasteiger partial charge in [0.15, 0.2) is 0 Å². The quantitative estimate of drug-likeness (QED) is 0.174. The first-order valence-electron chi connectivity index (χ1n) is 12.4. The van der Waals surface area contributed by atoms with E-state index in [0.29, 0.717) is 28.4 Å². The minimum atomic E-state index is -0.504. The van der Waals surface area contributed by atoms with Crippen LogP contribution < -0.4 is 20.7 Å². The van der Waals surface area contributed by atoms with Crippen molar-refractivity contribution in [3.05, 3.63) is 120 Å². The van der Waals surface area contributed by atoms with Crippen molar-refractivity contribution in [2.75, 3.05) is 17.7 Å². The fourth-order valence-electron chi connectivity index (χ4n) is 3.61. The van der Waals surface area contributed by atoms with Crippen LogP contribution in [0, 0.1) is 0 Å². The second-order valence-electron chi connectivity index (χ2n) is 8.60. The van der Waals surface area contributed by atoms with Crippen LogP contribution in [0.4, 0.5) is 11.5 Å². The Hall–Kier alpha value is -4.89. The molecule has 40 heavy (non-hydrogen) atoms.